The van der Waals surface area contributed by atoms with E-state index < -0.39 is 0 Å². The summed E-state index contributed by atoms with van der Waals surface area (Å²) >= 11 is 2.22. The average molecular weight is 410 g/mol. The number of hydrogen-bond acceptors (Lipinski definition) is 4. The van der Waals surface area contributed by atoms with E-state index in [2.05, 4.69) is 33.1 Å². The first-order valence-electron chi connectivity index (χ1n) is 6.44. The maximum Gasteiger partial charge on any atom is 0.271 e. The smallest absolute Gasteiger partial charge is 0.271 e. The zero-order valence-electron chi connectivity index (χ0n) is 12.2. The first kappa shape index (κ1) is 16.3. The number of benzene rings is 2. The van der Waals surface area contributed by atoms with Gasteiger partial charge in [-0.05, 0) is 52.4 Å². The number of methoxy groups -OCH3 is 2. The average Bonchev–Trinajstić information content (AvgIpc) is 2.54. The molecular weight excluding hydrogens is 395 g/mol. The highest BCUT2D eigenvalue weighted by Crippen LogP contribution is 2.22. The first-order chi connectivity index (χ1) is 10.6. The summed E-state index contributed by atoms with van der Waals surface area (Å²) in [7, 11) is 3.07. The van der Waals surface area contributed by atoms with Gasteiger partial charge in [-0.25, -0.2) is 5.43 Å². The van der Waals surface area contributed by atoms with Crippen LogP contribution in [0.4, 0.5) is 0 Å². The molecule has 0 aliphatic rings. The molecule has 0 aromatic heterocycles. The normalized spacial score (nSPS) is 10.5. The van der Waals surface area contributed by atoms with Crippen molar-refractivity contribution < 1.29 is 14.3 Å². The Bertz CT molecular complexity index is 679. The van der Waals surface area contributed by atoms with Crippen LogP contribution in [-0.2, 0) is 0 Å². The van der Waals surface area contributed by atoms with Gasteiger partial charge in [0.15, 0.2) is 0 Å². The number of rotatable bonds is 5. The van der Waals surface area contributed by atoms with E-state index in [1.807, 2.05) is 24.3 Å². The lowest BCUT2D eigenvalue weighted by atomic mass is 10.2. The molecule has 0 aliphatic heterocycles. The SMILES string of the molecule is COc1cc(OC)cc(C(=O)NN=Cc2cccc(I)c2)c1. The summed E-state index contributed by atoms with van der Waals surface area (Å²) in [6, 6.07) is 12.7. The lowest BCUT2D eigenvalue weighted by Gasteiger charge is -2.07. The maximum absolute atomic E-state index is 12.1. The molecular formula is C16H15IN2O3. The zero-order valence-corrected chi connectivity index (χ0v) is 14.3. The van der Waals surface area contributed by atoms with E-state index in [0.29, 0.717) is 17.1 Å². The van der Waals surface area contributed by atoms with Gasteiger partial charge in [-0.1, -0.05) is 12.1 Å². The van der Waals surface area contributed by atoms with Gasteiger partial charge in [-0.2, -0.15) is 5.10 Å². The molecule has 0 aliphatic carbocycles. The fourth-order valence-electron chi connectivity index (χ4n) is 1.76. The van der Waals surface area contributed by atoms with Crippen LogP contribution < -0.4 is 14.9 Å². The van der Waals surface area contributed by atoms with Gasteiger partial charge in [0.2, 0.25) is 0 Å². The number of carbonyl (C=O) groups excluding carboxylic acids is 1. The molecule has 2 rings (SSSR count). The lowest BCUT2D eigenvalue weighted by molar-refractivity contribution is 0.0954. The number of ether oxygens (including phenoxy) is 2. The van der Waals surface area contributed by atoms with Gasteiger partial charge in [-0.15, -0.1) is 0 Å². The topological polar surface area (TPSA) is 59.9 Å². The van der Waals surface area contributed by atoms with Crippen LogP contribution in [0.1, 0.15) is 15.9 Å². The van der Waals surface area contributed by atoms with Gasteiger partial charge in [0.05, 0.1) is 20.4 Å². The van der Waals surface area contributed by atoms with Gasteiger partial charge in [-0.3, -0.25) is 4.79 Å². The van der Waals surface area contributed by atoms with E-state index >= 15 is 0 Å². The zero-order chi connectivity index (χ0) is 15.9. The van der Waals surface area contributed by atoms with Crippen LogP contribution in [0.2, 0.25) is 0 Å². The molecule has 2 aromatic carbocycles. The Morgan fingerprint density at radius 3 is 2.41 bits per heavy atom. The number of halogens is 1. The second kappa shape index (κ2) is 7.79. The Hall–Kier alpha value is -2.09. The standard InChI is InChI=1S/C16H15IN2O3/c1-21-14-7-12(8-15(9-14)22-2)16(20)19-18-10-11-4-3-5-13(17)6-11/h3-10H,1-2H3,(H,19,20). The maximum atomic E-state index is 12.1. The summed E-state index contributed by atoms with van der Waals surface area (Å²) in [5.41, 5.74) is 3.81. The van der Waals surface area contributed by atoms with Crippen molar-refractivity contribution in [2.45, 2.75) is 0 Å². The second-order valence-electron chi connectivity index (χ2n) is 4.36. The second-order valence-corrected chi connectivity index (χ2v) is 5.60. The fourth-order valence-corrected chi connectivity index (χ4v) is 2.32. The van der Waals surface area contributed by atoms with Crippen LogP contribution in [0, 0.1) is 3.57 Å². The lowest BCUT2D eigenvalue weighted by Crippen LogP contribution is -2.17. The van der Waals surface area contributed by atoms with Gasteiger partial charge < -0.3 is 9.47 Å². The van der Waals surface area contributed by atoms with Crippen molar-refractivity contribution in [1.82, 2.24) is 5.43 Å². The van der Waals surface area contributed by atoms with Crippen molar-refractivity contribution >= 4 is 34.7 Å². The van der Waals surface area contributed by atoms with Crippen molar-refractivity contribution in [3.8, 4) is 11.5 Å². The van der Waals surface area contributed by atoms with Crippen molar-refractivity contribution in [3.63, 3.8) is 0 Å². The van der Waals surface area contributed by atoms with Gasteiger partial charge >= 0.3 is 0 Å². The van der Waals surface area contributed by atoms with Crippen LogP contribution in [0.25, 0.3) is 0 Å². The molecule has 1 amide bonds. The van der Waals surface area contributed by atoms with Crippen molar-refractivity contribution in [2.24, 2.45) is 5.10 Å². The number of hydrazone groups is 1. The molecule has 5 nitrogen and oxygen atoms in total. The molecule has 0 fully saturated rings. The molecule has 0 unspecified atom stereocenters. The first-order valence-corrected chi connectivity index (χ1v) is 7.52. The molecule has 1 N–H and O–H groups in total. The Morgan fingerprint density at radius 1 is 1.14 bits per heavy atom. The van der Waals surface area contributed by atoms with E-state index in [0.717, 1.165) is 9.13 Å². The van der Waals surface area contributed by atoms with Crippen molar-refractivity contribution in [2.75, 3.05) is 14.2 Å². The van der Waals surface area contributed by atoms with Crippen LogP contribution in [0.15, 0.2) is 47.6 Å². The molecule has 2 aromatic rings. The molecule has 6 heteroatoms. The fraction of sp³-hybridized carbons (Fsp3) is 0.125. The van der Waals surface area contributed by atoms with Crippen molar-refractivity contribution in [3.05, 3.63) is 57.2 Å². The predicted octanol–water partition coefficient (Wildman–Crippen LogP) is 3.07. The van der Waals surface area contributed by atoms with Crippen LogP contribution in [0.3, 0.4) is 0 Å². The van der Waals surface area contributed by atoms with Crippen LogP contribution in [-0.4, -0.2) is 26.3 Å². The van der Waals surface area contributed by atoms with Gasteiger partial charge in [0.1, 0.15) is 11.5 Å². The molecule has 0 spiro atoms. The number of hydrogen-bond donors (Lipinski definition) is 1. The van der Waals surface area contributed by atoms with Gasteiger partial charge in [0.25, 0.3) is 5.91 Å². The summed E-state index contributed by atoms with van der Waals surface area (Å²) in [6.45, 7) is 0. The highest BCUT2D eigenvalue weighted by atomic mass is 127. The predicted molar refractivity (Wildman–Crippen MR) is 93.8 cm³/mol. The van der Waals surface area contributed by atoms with Crippen LogP contribution >= 0.6 is 22.6 Å². The molecule has 0 saturated carbocycles. The Morgan fingerprint density at radius 2 is 1.82 bits per heavy atom. The number of nitrogens with zero attached hydrogens (tertiary/aromatic N) is 1. The molecule has 0 bridgehead atoms. The largest absolute Gasteiger partial charge is 0.497 e. The third kappa shape index (κ3) is 4.45. The Kier molecular flexibility index (Phi) is 5.76. The van der Waals surface area contributed by atoms with Crippen molar-refractivity contribution in [1.29, 1.82) is 0 Å². The molecule has 0 saturated heterocycles. The van der Waals surface area contributed by atoms with E-state index in [1.165, 1.54) is 14.2 Å². The molecule has 0 radical (unpaired) electrons. The summed E-state index contributed by atoms with van der Waals surface area (Å²) < 4.78 is 11.4. The van der Waals surface area contributed by atoms with Gasteiger partial charge in [0, 0.05) is 15.2 Å². The minimum absolute atomic E-state index is 0.334. The highest BCUT2D eigenvalue weighted by Gasteiger charge is 2.08. The minimum Gasteiger partial charge on any atom is -0.497 e. The molecule has 0 heterocycles. The van der Waals surface area contributed by atoms with E-state index in [4.69, 9.17) is 9.47 Å². The van der Waals surface area contributed by atoms with Crippen LogP contribution in [0.5, 0.6) is 11.5 Å². The summed E-state index contributed by atoms with van der Waals surface area (Å²) in [6.07, 6.45) is 1.59. The monoisotopic (exact) mass is 410 g/mol. The third-order valence-electron chi connectivity index (χ3n) is 2.84. The Labute approximate surface area is 142 Å². The summed E-state index contributed by atoms with van der Waals surface area (Å²) in [4.78, 5) is 12.1. The number of amides is 1. The molecule has 114 valence electrons. The third-order valence-corrected chi connectivity index (χ3v) is 3.51. The number of nitrogens with one attached hydrogen (secondary N) is 1. The quantitative estimate of drug-likeness (QED) is 0.468. The number of carbonyl (C=O) groups is 1. The minimum atomic E-state index is -0.334. The molecule has 22 heavy (non-hydrogen) atoms. The molecule has 0 atom stereocenters. The highest BCUT2D eigenvalue weighted by molar-refractivity contribution is 14.1. The van der Waals surface area contributed by atoms with E-state index in [1.54, 1.807) is 24.4 Å². The summed E-state index contributed by atoms with van der Waals surface area (Å²) in [5, 5.41) is 3.96. The van der Waals surface area contributed by atoms with E-state index in [-0.39, 0.29) is 5.91 Å². The summed E-state index contributed by atoms with van der Waals surface area (Å²) in [5.74, 6) is 0.760. The van der Waals surface area contributed by atoms with E-state index in [9.17, 15) is 4.79 Å². The Balaban J connectivity index is 2.09.